The van der Waals surface area contributed by atoms with E-state index in [0.29, 0.717) is 18.7 Å². The van der Waals surface area contributed by atoms with E-state index in [-0.39, 0.29) is 17.9 Å². The number of amides is 1. The van der Waals surface area contributed by atoms with Crippen molar-refractivity contribution in [1.29, 1.82) is 0 Å². The largest absolute Gasteiger partial charge is 0.353 e. The van der Waals surface area contributed by atoms with Crippen LogP contribution >= 0.6 is 0 Å². The van der Waals surface area contributed by atoms with E-state index >= 15 is 0 Å². The molecule has 1 aromatic carbocycles. The summed E-state index contributed by atoms with van der Waals surface area (Å²) in [5, 5.41) is 2.82. The number of carbonyl (C=O) groups is 1. The Hall–Kier alpha value is -2.48. The maximum Gasteiger partial charge on any atom is 0.255 e. The number of hydrogen-bond acceptors (Lipinski definition) is 4. The summed E-state index contributed by atoms with van der Waals surface area (Å²) in [4.78, 5) is 23.9. The van der Waals surface area contributed by atoms with Crippen LogP contribution in [0.1, 0.15) is 12.8 Å². The van der Waals surface area contributed by atoms with Gasteiger partial charge in [0.15, 0.2) is 0 Å². The summed E-state index contributed by atoms with van der Waals surface area (Å²) in [5.41, 5.74) is 5.08. The van der Waals surface area contributed by atoms with E-state index in [1.807, 2.05) is 0 Å². The van der Waals surface area contributed by atoms with Crippen LogP contribution in [-0.2, 0) is 14.3 Å². The number of nitrogens with zero attached hydrogens (tertiary/aromatic N) is 1. The van der Waals surface area contributed by atoms with Crippen molar-refractivity contribution in [2.24, 2.45) is 0 Å². The Kier molecular flexibility index (Phi) is 6.46. The molecule has 0 unspecified atom stereocenters. The fourth-order valence-corrected chi connectivity index (χ4v) is 2.49. The molecule has 134 valence electrons. The molecule has 0 radical (unpaired) electrons. The number of hydrogen-bond donors (Lipinski definition) is 2. The van der Waals surface area contributed by atoms with E-state index in [4.69, 9.17) is 9.47 Å². The first-order valence-electron chi connectivity index (χ1n) is 8.01. The molecule has 1 amide bonds. The second-order valence-electron chi connectivity index (χ2n) is 5.57. The summed E-state index contributed by atoms with van der Waals surface area (Å²) >= 11 is 0. The zero-order valence-corrected chi connectivity index (χ0v) is 14.5. The normalized spacial score (nSPS) is 11.3. The van der Waals surface area contributed by atoms with Gasteiger partial charge in [0.05, 0.1) is 0 Å². The molecule has 0 saturated carbocycles. The van der Waals surface area contributed by atoms with Crippen molar-refractivity contribution in [3.8, 4) is 5.69 Å². The Labute approximate surface area is 146 Å². The fourth-order valence-electron chi connectivity index (χ4n) is 2.49. The Balaban J connectivity index is 1.98. The van der Waals surface area contributed by atoms with Crippen LogP contribution in [0.2, 0.25) is 0 Å². The summed E-state index contributed by atoms with van der Waals surface area (Å²) in [6, 6.07) is 12.1. The number of benzene rings is 1. The minimum atomic E-state index is -0.838. The van der Waals surface area contributed by atoms with E-state index in [9.17, 15) is 9.59 Å². The fraction of sp³-hybridized carbons (Fsp3) is 0.333. The average Bonchev–Trinajstić information content (AvgIpc) is 2.64. The van der Waals surface area contributed by atoms with Crippen LogP contribution in [0, 0.1) is 0 Å². The lowest BCUT2D eigenvalue weighted by atomic mass is 10.1. The van der Waals surface area contributed by atoms with Gasteiger partial charge in [0, 0.05) is 50.7 Å². The molecule has 0 bridgehead atoms. The highest BCUT2D eigenvalue weighted by molar-refractivity contribution is 5.90. The zero-order valence-electron chi connectivity index (χ0n) is 14.5. The summed E-state index contributed by atoms with van der Waals surface area (Å²) in [6.07, 6.45) is 2.35. The molecular formula is C18H24N3O4+. The molecule has 0 aliphatic heterocycles. The SMILES string of the molecule is COC(C[NH3+])(CCC(=O)Nc1ccc(-n2ccccc2=O)cc1)OC. The Morgan fingerprint density at radius 3 is 2.40 bits per heavy atom. The third-order valence-corrected chi connectivity index (χ3v) is 4.11. The van der Waals surface area contributed by atoms with Gasteiger partial charge in [0.1, 0.15) is 6.54 Å². The van der Waals surface area contributed by atoms with Crippen LogP contribution in [0.15, 0.2) is 53.5 Å². The standard InChI is InChI=1S/C18H23N3O4/c1-24-18(13-19,25-2)11-10-16(22)20-14-6-8-15(9-7-14)21-12-4-3-5-17(21)23/h3-9,12H,10-11,13,19H2,1-2H3,(H,20,22)/p+1. The number of quaternary nitrogens is 1. The molecule has 25 heavy (non-hydrogen) atoms. The minimum absolute atomic E-state index is 0.108. The van der Waals surface area contributed by atoms with Crippen LogP contribution in [0.25, 0.3) is 5.69 Å². The molecule has 0 atom stereocenters. The second-order valence-corrected chi connectivity index (χ2v) is 5.57. The first-order valence-corrected chi connectivity index (χ1v) is 8.01. The lowest BCUT2D eigenvalue weighted by Gasteiger charge is -2.26. The second kappa shape index (κ2) is 8.57. The van der Waals surface area contributed by atoms with Crippen molar-refractivity contribution < 1.29 is 20.0 Å². The topological polar surface area (TPSA) is 97.2 Å². The lowest BCUT2D eigenvalue weighted by Crippen LogP contribution is -2.63. The highest BCUT2D eigenvalue weighted by Gasteiger charge is 2.30. The summed E-state index contributed by atoms with van der Waals surface area (Å²) in [6.45, 7) is 0.411. The van der Waals surface area contributed by atoms with Crippen LogP contribution in [0.4, 0.5) is 5.69 Å². The monoisotopic (exact) mass is 346 g/mol. The number of pyridine rings is 1. The number of aromatic nitrogens is 1. The minimum Gasteiger partial charge on any atom is -0.353 e. The predicted molar refractivity (Wildman–Crippen MR) is 94.4 cm³/mol. The van der Waals surface area contributed by atoms with Gasteiger partial charge in [0.2, 0.25) is 11.7 Å². The van der Waals surface area contributed by atoms with E-state index in [2.05, 4.69) is 11.1 Å². The van der Waals surface area contributed by atoms with E-state index in [1.54, 1.807) is 42.6 Å². The molecule has 7 nitrogen and oxygen atoms in total. The molecule has 0 spiro atoms. The highest BCUT2D eigenvalue weighted by atomic mass is 16.7. The molecule has 0 fully saturated rings. The van der Waals surface area contributed by atoms with Crippen molar-refractivity contribution >= 4 is 11.6 Å². The Morgan fingerprint density at radius 2 is 1.84 bits per heavy atom. The van der Waals surface area contributed by atoms with Gasteiger partial charge in [-0.2, -0.15) is 0 Å². The van der Waals surface area contributed by atoms with Crippen molar-refractivity contribution in [3.63, 3.8) is 0 Å². The number of ether oxygens (including phenoxy) is 2. The van der Waals surface area contributed by atoms with Gasteiger partial charge in [-0.25, -0.2) is 0 Å². The number of anilines is 1. The summed E-state index contributed by atoms with van der Waals surface area (Å²) in [5.74, 6) is -0.980. The molecule has 4 N–H and O–H groups in total. The van der Waals surface area contributed by atoms with E-state index < -0.39 is 5.79 Å². The molecule has 2 rings (SSSR count). The van der Waals surface area contributed by atoms with Crippen molar-refractivity contribution in [2.75, 3.05) is 26.1 Å². The summed E-state index contributed by atoms with van der Waals surface area (Å²) in [7, 11) is 3.08. The van der Waals surface area contributed by atoms with Crippen LogP contribution in [-0.4, -0.2) is 37.0 Å². The molecular weight excluding hydrogens is 322 g/mol. The molecule has 0 saturated heterocycles. The number of carbonyl (C=O) groups excluding carboxylic acids is 1. The van der Waals surface area contributed by atoms with Crippen molar-refractivity contribution in [3.05, 3.63) is 59.0 Å². The van der Waals surface area contributed by atoms with Gasteiger partial charge in [-0.1, -0.05) is 6.07 Å². The quantitative estimate of drug-likeness (QED) is 0.691. The average molecular weight is 346 g/mol. The van der Waals surface area contributed by atoms with Gasteiger partial charge in [0.25, 0.3) is 5.56 Å². The maximum absolute atomic E-state index is 12.1. The maximum atomic E-state index is 12.1. The van der Waals surface area contributed by atoms with Gasteiger partial charge in [-0.15, -0.1) is 0 Å². The molecule has 1 heterocycles. The smallest absolute Gasteiger partial charge is 0.255 e. The van der Waals surface area contributed by atoms with Crippen molar-refractivity contribution in [1.82, 2.24) is 4.57 Å². The molecule has 1 aromatic heterocycles. The molecule has 2 aromatic rings. The first kappa shape index (κ1) is 18.9. The number of rotatable bonds is 8. The van der Waals surface area contributed by atoms with E-state index in [0.717, 1.165) is 5.69 Å². The van der Waals surface area contributed by atoms with E-state index in [1.165, 1.54) is 24.9 Å². The predicted octanol–water partition coefficient (Wildman–Crippen LogP) is 0.787. The lowest BCUT2D eigenvalue weighted by molar-refractivity contribution is -0.435. The zero-order chi connectivity index (χ0) is 18.3. The van der Waals surface area contributed by atoms with Gasteiger partial charge < -0.3 is 20.5 Å². The van der Waals surface area contributed by atoms with Gasteiger partial charge in [-0.3, -0.25) is 14.2 Å². The third kappa shape index (κ3) is 4.76. The van der Waals surface area contributed by atoms with Crippen LogP contribution in [0.3, 0.4) is 0 Å². The Bertz CT molecular complexity index is 743. The molecule has 0 aliphatic carbocycles. The summed E-state index contributed by atoms with van der Waals surface area (Å²) < 4.78 is 12.2. The number of nitrogens with one attached hydrogen (secondary N) is 1. The first-order chi connectivity index (χ1) is 12.0. The number of methoxy groups -OCH3 is 2. The van der Waals surface area contributed by atoms with Gasteiger partial charge in [-0.05, 0) is 30.3 Å². The highest BCUT2D eigenvalue weighted by Crippen LogP contribution is 2.18. The van der Waals surface area contributed by atoms with Crippen molar-refractivity contribution in [2.45, 2.75) is 18.6 Å². The molecule has 7 heteroatoms. The third-order valence-electron chi connectivity index (χ3n) is 4.11. The van der Waals surface area contributed by atoms with Gasteiger partial charge >= 0.3 is 0 Å². The molecule has 0 aliphatic rings. The Morgan fingerprint density at radius 1 is 1.16 bits per heavy atom. The van der Waals surface area contributed by atoms with Crippen LogP contribution < -0.4 is 16.6 Å². The van der Waals surface area contributed by atoms with Crippen LogP contribution in [0.5, 0.6) is 0 Å².